The molecule has 2 N–H and O–H groups in total. The van der Waals surface area contributed by atoms with E-state index in [-0.39, 0.29) is 0 Å². The van der Waals surface area contributed by atoms with Gasteiger partial charge in [-0.05, 0) is 26.3 Å². The lowest BCUT2D eigenvalue weighted by molar-refractivity contribution is 0.133. The Morgan fingerprint density at radius 1 is 1.71 bits per heavy atom. The summed E-state index contributed by atoms with van der Waals surface area (Å²) in [6.45, 7) is 4.35. The molecule has 2 rings (SSSR count). The van der Waals surface area contributed by atoms with Gasteiger partial charge in [0.2, 0.25) is 0 Å². The number of hydrogen-bond donors (Lipinski definition) is 1. The van der Waals surface area contributed by atoms with Crippen LogP contribution in [0.25, 0.3) is 0 Å². The van der Waals surface area contributed by atoms with E-state index in [9.17, 15) is 0 Å². The van der Waals surface area contributed by atoms with Crippen molar-refractivity contribution in [2.75, 3.05) is 6.54 Å². The summed E-state index contributed by atoms with van der Waals surface area (Å²) in [4.78, 5) is 6.74. The number of aromatic nitrogens is 1. The van der Waals surface area contributed by atoms with Crippen LogP contribution in [0.15, 0.2) is 11.6 Å². The fourth-order valence-corrected chi connectivity index (χ4v) is 2.61. The van der Waals surface area contributed by atoms with E-state index >= 15 is 0 Å². The molecule has 0 bridgehead atoms. The smallest absolute Gasteiger partial charge is 0.107 e. The molecular formula is C10H17N3S. The molecule has 2 heterocycles. The average Bonchev–Trinajstić information content (AvgIpc) is 2.66. The molecule has 0 saturated carbocycles. The Balaban J connectivity index is 1.97. The number of hydrogen-bond acceptors (Lipinski definition) is 4. The third-order valence-electron chi connectivity index (χ3n) is 3.00. The van der Waals surface area contributed by atoms with E-state index in [0.29, 0.717) is 12.1 Å². The van der Waals surface area contributed by atoms with E-state index in [2.05, 4.69) is 16.8 Å². The van der Waals surface area contributed by atoms with Crippen LogP contribution < -0.4 is 5.73 Å². The van der Waals surface area contributed by atoms with Gasteiger partial charge in [0.1, 0.15) is 5.01 Å². The number of rotatable bonds is 2. The van der Waals surface area contributed by atoms with Crippen molar-refractivity contribution in [2.45, 2.75) is 38.4 Å². The molecule has 78 valence electrons. The molecule has 1 aliphatic heterocycles. The minimum atomic E-state index is 0.337. The molecule has 3 nitrogen and oxygen atoms in total. The van der Waals surface area contributed by atoms with Crippen molar-refractivity contribution in [1.29, 1.82) is 0 Å². The Kier molecular flexibility index (Phi) is 3.15. The van der Waals surface area contributed by atoms with Crippen LogP contribution >= 0.6 is 11.3 Å². The molecule has 0 aliphatic carbocycles. The molecule has 1 saturated heterocycles. The minimum Gasteiger partial charge on any atom is -0.326 e. The highest BCUT2D eigenvalue weighted by Gasteiger charge is 2.25. The van der Waals surface area contributed by atoms with Crippen LogP contribution in [0.3, 0.4) is 0 Å². The van der Waals surface area contributed by atoms with Crippen LogP contribution in [-0.2, 0) is 6.54 Å². The fourth-order valence-electron chi connectivity index (χ4n) is 1.97. The SMILES string of the molecule is C[C@@H]1[C@H](N)CCCN1Cc1nccs1. The quantitative estimate of drug-likeness (QED) is 0.805. The highest BCUT2D eigenvalue weighted by atomic mass is 32.1. The third kappa shape index (κ3) is 2.13. The molecule has 14 heavy (non-hydrogen) atoms. The average molecular weight is 211 g/mol. The van der Waals surface area contributed by atoms with Crippen molar-refractivity contribution in [2.24, 2.45) is 5.73 Å². The third-order valence-corrected chi connectivity index (χ3v) is 3.76. The van der Waals surface area contributed by atoms with E-state index in [1.807, 2.05) is 11.6 Å². The first-order valence-electron chi connectivity index (χ1n) is 5.15. The van der Waals surface area contributed by atoms with Crippen LogP contribution in [0.1, 0.15) is 24.8 Å². The van der Waals surface area contributed by atoms with Gasteiger partial charge < -0.3 is 5.73 Å². The molecule has 0 unspecified atom stereocenters. The molecule has 1 fully saturated rings. The number of likely N-dealkylation sites (tertiary alicyclic amines) is 1. The molecule has 1 aliphatic rings. The molecule has 1 aromatic heterocycles. The van der Waals surface area contributed by atoms with Gasteiger partial charge >= 0.3 is 0 Å². The van der Waals surface area contributed by atoms with Crippen LogP contribution in [0.5, 0.6) is 0 Å². The summed E-state index contributed by atoms with van der Waals surface area (Å²) >= 11 is 1.73. The van der Waals surface area contributed by atoms with E-state index in [1.54, 1.807) is 11.3 Å². The second kappa shape index (κ2) is 4.38. The maximum absolute atomic E-state index is 6.04. The van der Waals surface area contributed by atoms with E-state index < -0.39 is 0 Å². The molecule has 1 aromatic rings. The highest BCUT2D eigenvalue weighted by molar-refractivity contribution is 7.09. The minimum absolute atomic E-state index is 0.337. The molecular weight excluding hydrogens is 194 g/mol. The monoisotopic (exact) mass is 211 g/mol. The van der Waals surface area contributed by atoms with Gasteiger partial charge in [-0.2, -0.15) is 0 Å². The van der Waals surface area contributed by atoms with E-state index in [4.69, 9.17) is 5.73 Å². The molecule has 0 aromatic carbocycles. The summed E-state index contributed by atoms with van der Waals surface area (Å²) in [5.74, 6) is 0. The first kappa shape index (κ1) is 10.1. The van der Waals surface area contributed by atoms with Gasteiger partial charge in [-0.15, -0.1) is 11.3 Å². The zero-order chi connectivity index (χ0) is 9.97. The molecule has 0 spiro atoms. The normalized spacial score (nSPS) is 29.3. The van der Waals surface area contributed by atoms with Gasteiger partial charge in [0.25, 0.3) is 0 Å². The Bertz CT molecular complexity index is 273. The van der Waals surface area contributed by atoms with Crippen molar-refractivity contribution in [3.8, 4) is 0 Å². The standard InChI is InChI=1S/C10H17N3S/c1-8-9(11)3-2-5-13(8)7-10-12-4-6-14-10/h4,6,8-9H,2-3,5,7,11H2,1H3/t8-,9-/m1/s1. The van der Waals surface area contributed by atoms with Gasteiger partial charge in [0.15, 0.2) is 0 Å². The van der Waals surface area contributed by atoms with Gasteiger partial charge in [-0.25, -0.2) is 4.98 Å². The first-order chi connectivity index (χ1) is 6.77. The summed E-state index contributed by atoms with van der Waals surface area (Å²) < 4.78 is 0. The molecule has 0 amide bonds. The lowest BCUT2D eigenvalue weighted by Gasteiger charge is -2.37. The maximum atomic E-state index is 6.04. The maximum Gasteiger partial charge on any atom is 0.107 e. The largest absolute Gasteiger partial charge is 0.326 e. The van der Waals surface area contributed by atoms with Gasteiger partial charge in [0, 0.05) is 23.7 Å². The summed E-state index contributed by atoms with van der Waals surface area (Å²) in [5, 5.41) is 3.23. The Hall–Kier alpha value is -0.450. The Morgan fingerprint density at radius 3 is 3.29 bits per heavy atom. The Morgan fingerprint density at radius 2 is 2.57 bits per heavy atom. The molecule has 4 heteroatoms. The summed E-state index contributed by atoms with van der Waals surface area (Å²) in [7, 11) is 0. The van der Waals surface area contributed by atoms with Crippen molar-refractivity contribution in [1.82, 2.24) is 9.88 Å². The van der Waals surface area contributed by atoms with Crippen molar-refractivity contribution in [3.05, 3.63) is 16.6 Å². The van der Waals surface area contributed by atoms with E-state index in [1.165, 1.54) is 11.4 Å². The van der Waals surface area contributed by atoms with Gasteiger partial charge in [0.05, 0.1) is 6.54 Å². The van der Waals surface area contributed by atoms with Crippen molar-refractivity contribution in [3.63, 3.8) is 0 Å². The predicted molar refractivity (Wildman–Crippen MR) is 59.2 cm³/mol. The first-order valence-corrected chi connectivity index (χ1v) is 6.03. The van der Waals surface area contributed by atoms with Crippen LogP contribution in [0, 0.1) is 0 Å². The number of nitrogens with two attached hydrogens (primary N) is 1. The van der Waals surface area contributed by atoms with Crippen molar-refractivity contribution < 1.29 is 0 Å². The van der Waals surface area contributed by atoms with Crippen molar-refractivity contribution >= 4 is 11.3 Å². The zero-order valence-corrected chi connectivity index (χ0v) is 9.33. The second-order valence-corrected chi connectivity index (χ2v) is 4.92. The summed E-state index contributed by atoms with van der Waals surface area (Å²) in [5.41, 5.74) is 6.04. The van der Waals surface area contributed by atoms with Crippen LogP contribution in [0.4, 0.5) is 0 Å². The zero-order valence-electron chi connectivity index (χ0n) is 8.52. The predicted octanol–water partition coefficient (Wildman–Crippen LogP) is 1.45. The topological polar surface area (TPSA) is 42.1 Å². The molecule has 0 radical (unpaired) electrons. The summed E-state index contributed by atoms with van der Waals surface area (Å²) in [6, 6.07) is 0.830. The number of thiazole rings is 1. The molecule has 2 atom stereocenters. The van der Waals surface area contributed by atoms with Crippen LogP contribution in [0.2, 0.25) is 0 Å². The van der Waals surface area contributed by atoms with Crippen LogP contribution in [-0.4, -0.2) is 28.5 Å². The summed E-state index contributed by atoms with van der Waals surface area (Å²) in [6.07, 6.45) is 4.25. The van der Waals surface area contributed by atoms with Gasteiger partial charge in [-0.3, -0.25) is 4.90 Å². The number of piperidine rings is 1. The second-order valence-electron chi connectivity index (χ2n) is 3.94. The highest BCUT2D eigenvalue weighted by Crippen LogP contribution is 2.19. The lowest BCUT2D eigenvalue weighted by Crippen LogP contribution is -2.49. The number of nitrogens with zero attached hydrogens (tertiary/aromatic N) is 2. The Labute approximate surface area is 88.9 Å². The van der Waals surface area contributed by atoms with Gasteiger partial charge in [-0.1, -0.05) is 0 Å². The van der Waals surface area contributed by atoms with E-state index in [0.717, 1.165) is 19.5 Å². The lowest BCUT2D eigenvalue weighted by atomic mass is 9.99. The fraction of sp³-hybridized carbons (Fsp3) is 0.700.